The maximum Gasteiger partial charge on any atom is 0.169 e. The Labute approximate surface area is 111 Å². The highest BCUT2D eigenvalue weighted by atomic mass is 79.9. The summed E-state index contributed by atoms with van der Waals surface area (Å²) in [5.41, 5.74) is 0.695. The highest BCUT2D eigenvalue weighted by Gasteiger charge is 2.11. The molecular formula is C13H19BrFNO. The third-order valence-electron chi connectivity index (χ3n) is 2.71. The standard InChI is InChI=1S/C13H19BrFNO/c1-3-16(9-5-8-14)10-11-6-4-7-12(17-2)13(11)15/h4,6-7H,3,5,8-10H2,1-2H3. The molecule has 0 aliphatic heterocycles. The van der Waals surface area contributed by atoms with Crippen molar-refractivity contribution in [3.05, 3.63) is 29.6 Å². The van der Waals surface area contributed by atoms with Gasteiger partial charge in [-0.25, -0.2) is 4.39 Å². The van der Waals surface area contributed by atoms with E-state index in [0.717, 1.165) is 24.8 Å². The molecule has 1 aromatic carbocycles. The van der Waals surface area contributed by atoms with Crippen molar-refractivity contribution in [2.45, 2.75) is 19.9 Å². The molecule has 17 heavy (non-hydrogen) atoms. The highest BCUT2D eigenvalue weighted by Crippen LogP contribution is 2.21. The van der Waals surface area contributed by atoms with Crippen LogP contribution in [0.25, 0.3) is 0 Å². The Morgan fingerprint density at radius 3 is 2.76 bits per heavy atom. The first-order chi connectivity index (χ1) is 8.22. The number of rotatable bonds is 7. The summed E-state index contributed by atoms with van der Waals surface area (Å²) < 4.78 is 18.9. The molecule has 0 heterocycles. The van der Waals surface area contributed by atoms with Gasteiger partial charge in [0.2, 0.25) is 0 Å². The number of methoxy groups -OCH3 is 1. The van der Waals surface area contributed by atoms with Crippen molar-refractivity contribution in [3.63, 3.8) is 0 Å². The molecule has 0 saturated heterocycles. The summed E-state index contributed by atoms with van der Waals surface area (Å²) in [6.45, 7) is 4.61. The number of hydrogen-bond donors (Lipinski definition) is 0. The second-order valence-electron chi connectivity index (χ2n) is 3.84. The van der Waals surface area contributed by atoms with Crippen molar-refractivity contribution in [1.82, 2.24) is 4.90 Å². The van der Waals surface area contributed by atoms with Gasteiger partial charge in [0.15, 0.2) is 11.6 Å². The fraction of sp³-hybridized carbons (Fsp3) is 0.538. The molecule has 0 unspecified atom stereocenters. The first-order valence-electron chi connectivity index (χ1n) is 5.82. The Morgan fingerprint density at radius 2 is 2.18 bits per heavy atom. The largest absolute Gasteiger partial charge is 0.494 e. The SMILES string of the molecule is CCN(CCCBr)Cc1cccc(OC)c1F. The van der Waals surface area contributed by atoms with Gasteiger partial charge < -0.3 is 4.74 Å². The Kier molecular flexibility index (Phi) is 6.52. The minimum absolute atomic E-state index is 0.243. The van der Waals surface area contributed by atoms with Crippen LogP contribution in [0.4, 0.5) is 4.39 Å². The molecular weight excluding hydrogens is 285 g/mol. The molecule has 0 bridgehead atoms. The van der Waals surface area contributed by atoms with E-state index in [2.05, 4.69) is 27.8 Å². The van der Waals surface area contributed by atoms with E-state index in [1.165, 1.54) is 7.11 Å². The number of halogens is 2. The quantitative estimate of drug-likeness (QED) is 0.716. The lowest BCUT2D eigenvalue weighted by molar-refractivity contribution is 0.275. The van der Waals surface area contributed by atoms with E-state index in [4.69, 9.17) is 4.74 Å². The molecule has 4 heteroatoms. The topological polar surface area (TPSA) is 12.5 Å². The van der Waals surface area contributed by atoms with Gasteiger partial charge in [0, 0.05) is 17.4 Å². The number of ether oxygens (including phenoxy) is 1. The minimum atomic E-state index is -0.243. The van der Waals surface area contributed by atoms with Gasteiger partial charge in [-0.15, -0.1) is 0 Å². The molecule has 96 valence electrons. The molecule has 0 aliphatic rings. The summed E-state index contributed by atoms with van der Waals surface area (Å²) in [5.74, 6) is 0.0753. The molecule has 0 radical (unpaired) electrons. The van der Waals surface area contributed by atoms with Crippen molar-refractivity contribution < 1.29 is 9.13 Å². The van der Waals surface area contributed by atoms with Crippen LogP contribution in [-0.4, -0.2) is 30.4 Å². The number of alkyl halides is 1. The summed E-state index contributed by atoms with van der Waals surface area (Å²) in [7, 11) is 1.49. The molecule has 0 atom stereocenters. The number of benzene rings is 1. The summed E-state index contributed by atoms with van der Waals surface area (Å²) in [6, 6.07) is 5.29. The van der Waals surface area contributed by atoms with E-state index >= 15 is 0 Å². The van der Waals surface area contributed by atoms with Gasteiger partial charge in [-0.1, -0.05) is 35.0 Å². The van der Waals surface area contributed by atoms with Gasteiger partial charge in [-0.3, -0.25) is 4.90 Å². The smallest absolute Gasteiger partial charge is 0.169 e. The molecule has 0 spiro atoms. The van der Waals surface area contributed by atoms with E-state index in [-0.39, 0.29) is 5.82 Å². The van der Waals surface area contributed by atoms with Crippen LogP contribution >= 0.6 is 15.9 Å². The zero-order valence-corrected chi connectivity index (χ0v) is 12.0. The van der Waals surface area contributed by atoms with E-state index in [1.54, 1.807) is 6.07 Å². The molecule has 1 aromatic rings. The maximum atomic E-state index is 13.9. The lowest BCUT2D eigenvalue weighted by Crippen LogP contribution is -2.24. The third kappa shape index (κ3) is 4.28. The van der Waals surface area contributed by atoms with Gasteiger partial charge in [0.1, 0.15) is 0 Å². The third-order valence-corrected chi connectivity index (χ3v) is 3.27. The second-order valence-corrected chi connectivity index (χ2v) is 4.64. The Hall–Kier alpha value is -0.610. The van der Waals surface area contributed by atoms with Crippen molar-refractivity contribution in [3.8, 4) is 5.75 Å². The average Bonchev–Trinajstić information content (AvgIpc) is 2.36. The van der Waals surface area contributed by atoms with Crippen molar-refractivity contribution >= 4 is 15.9 Å². The van der Waals surface area contributed by atoms with E-state index in [9.17, 15) is 4.39 Å². The van der Waals surface area contributed by atoms with E-state index in [1.807, 2.05) is 12.1 Å². The van der Waals surface area contributed by atoms with Gasteiger partial charge in [-0.05, 0) is 25.6 Å². The zero-order valence-electron chi connectivity index (χ0n) is 10.4. The van der Waals surface area contributed by atoms with Gasteiger partial charge >= 0.3 is 0 Å². The lowest BCUT2D eigenvalue weighted by atomic mass is 10.2. The van der Waals surface area contributed by atoms with Crippen molar-refractivity contribution in [2.75, 3.05) is 25.5 Å². The molecule has 0 aliphatic carbocycles. The lowest BCUT2D eigenvalue weighted by Gasteiger charge is -2.20. The maximum absolute atomic E-state index is 13.9. The van der Waals surface area contributed by atoms with Crippen LogP contribution in [0.1, 0.15) is 18.9 Å². The summed E-state index contributed by atoms with van der Waals surface area (Å²) in [5, 5.41) is 0.976. The minimum Gasteiger partial charge on any atom is -0.494 e. The first kappa shape index (κ1) is 14.5. The van der Waals surface area contributed by atoms with Crippen LogP contribution in [-0.2, 0) is 6.54 Å². The van der Waals surface area contributed by atoms with Crippen LogP contribution < -0.4 is 4.74 Å². The van der Waals surface area contributed by atoms with Gasteiger partial charge in [-0.2, -0.15) is 0 Å². The monoisotopic (exact) mass is 303 g/mol. The Balaban J connectivity index is 2.72. The molecule has 2 nitrogen and oxygen atoms in total. The fourth-order valence-electron chi connectivity index (χ4n) is 1.71. The molecule has 0 fully saturated rings. The average molecular weight is 304 g/mol. The normalized spacial score (nSPS) is 10.9. The first-order valence-corrected chi connectivity index (χ1v) is 6.94. The van der Waals surface area contributed by atoms with Crippen LogP contribution in [0.2, 0.25) is 0 Å². The summed E-state index contributed by atoms with van der Waals surface area (Å²) in [4.78, 5) is 2.22. The predicted molar refractivity (Wildman–Crippen MR) is 72.3 cm³/mol. The van der Waals surface area contributed by atoms with Gasteiger partial charge in [0.05, 0.1) is 7.11 Å². The van der Waals surface area contributed by atoms with Gasteiger partial charge in [0.25, 0.3) is 0 Å². The predicted octanol–water partition coefficient (Wildman–Crippen LogP) is 3.44. The van der Waals surface area contributed by atoms with Crippen LogP contribution in [0.15, 0.2) is 18.2 Å². The van der Waals surface area contributed by atoms with Crippen molar-refractivity contribution in [1.29, 1.82) is 0 Å². The van der Waals surface area contributed by atoms with E-state index in [0.29, 0.717) is 17.9 Å². The Morgan fingerprint density at radius 1 is 1.41 bits per heavy atom. The van der Waals surface area contributed by atoms with E-state index < -0.39 is 0 Å². The Bertz CT molecular complexity index is 346. The van der Waals surface area contributed by atoms with Crippen LogP contribution in [0, 0.1) is 5.82 Å². The number of hydrogen-bond acceptors (Lipinski definition) is 2. The molecule has 0 N–H and O–H groups in total. The summed E-state index contributed by atoms with van der Waals surface area (Å²) >= 11 is 3.41. The second kappa shape index (κ2) is 7.67. The van der Waals surface area contributed by atoms with Crippen LogP contribution in [0.3, 0.4) is 0 Å². The highest BCUT2D eigenvalue weighted by molar-refractivity contribution is 9.09. The number of nitrogens with zero attached hydrogens (tertiary/aromatic N) is 1. The molecule has 0 saturated carbocycles. The fourth-order valence-corrected chi connectivity index (χ4v) is 1.96. The molecule has 0 aromatic heterocycles. The van der Waals surface area contributed by atoms with Crippen LogP contribution in [0.5, 0.6) is 5.75 Å². The zero-order chi connectivity index (χ0) is 12.7. The molecule has 1 rings (SSSR count). The summed E-state index contributed by atoms with van der Waals surface area (Å²) in [6.07, 6.45) is 1.07. The van der Waals surface area contributed by atoms with Crippen molar-refractivity contribution in [2.24, 2.45) is 0 Å². The molecule has 0 amide bonds.